The third-order valence-corrected chi connectivity index (χ3v) is 4.96. The molecule has 1 heterocycles. The SMILES string of the molecule is CN=C(NCCc1cccc(F)c1)NCc1ccc(COC2CCOCC2)cc1.I. The maximum absolute atomic E-state index is 13.2. The van der Waals surface area contributed by atoms with Gasteiger partial charge in [-0.1, -0.05) is 36.4 Å². The first-order valence-corrected chi connectivity index (χ1v) is 10.2. The standard InChI is InChI=1S/C23H30FN3O2.HI/c1-25-23(26-12-9-18-3-2-4-21(24)15-18)27-16-19-5-7-20(8-6-19)17-29-22-10-13-28-14-11-22;/h2-8,15,22H,9-14,16-17H2,1H3,(H2,25,26,27);1H. The summed E-state index contributed by atoms with van der Waals surface area (Å²) < 4.78 is 24.6. The minimum atomic E-state index is -0.202. The van der Waals surface area contributed by atoms with Crippen LogP contribution in [0.25, 0.3) is 0 Å². The molecule has 5 nitrogen and oxygen atoms in total. The minimum Gasteiger partial charge on any atom is -0.381 e. The van der Waals surface area contributed by atoms with Gasteiger partial charge in [0.15, 0.2) is 5.96 Å². The van der Waals surface area contributed by atoms with Gasteiger partial charge in [0.1, 0.15) is 5.82 Å². The number of guanidine groups is 1. The van der Waals surface area contributed by atoms with E-state index < -0.39 is 0 Å². The smallest absolute Gasteiger partial charge is 0.191 e. The molecule has 2 aromatic rings. The summed E-state index contributed by atoms with van der Waals surface area (Å²) in [6.45, 7) is 3.60. The highest BCUT2D eigenvalue weighted by atomic mass is 127. The molecule has 7 heteroatoms. The van der Waals surface area contributed by atoms with Crippen LogP contribution in [0.5, 0.6) is 0 Å². The van der Waals surface area contributed by atoms with Crippen LogP contribution in [0.3, 0.4) is 0 Å². The largest absolute Gasteiger partial charge is 0.381 e. The summed E-state index contributed by atoms with van der Waals surface area (Å²) in [7, 11) is 1.74. The summed E-state index contributed by atoms with van der Waals surface area (Å²) >= 11 is 0. The molecule has 0 spiro atoms. The first-order chi connectivity index (χ1) is 14.2. The van der Waals surface area contributed by atoms with Gasteiger partial charge in [-0.25, -0.2) is 4.39 Å². The quantitative estimate of drug-likeness (QED) is 0.309. The molecule has 0 bridgehead atoms. The summed E-state index contributed by atoms with van der Waals surface area (Å²) in [5.41, 5.74) is 3.32. The van der Waals surface area contributed by atoms with Crippen molar-refractivity contribution in [2.75, 3.05) is 26.8 Å². The van der Waals surface area contributed by atoms with Gasteiger partial charge in [0.2, 0.25) is 0 Å². The van der Waals surface area contributed by atoms with Gasteiger partial charge >= 0.3 is 0 Å². The lowest BCUT2D eigenvalue weighted by Gasteiger charge is -2.22. The Kier molecular flexibility index (Phi) is 11.1. The highest BCUT2D eigenvalue weighted by Crippen LogP contribution is 2.14. The molecular weight excluding hydrogens is 496 g/mol. The monoisotopic (exact) mass is 527 g/mol. The number of hydrogen-bond acceptors (Lipinski definition) is 3. The van der Waals surface area contributed by atoms with Crippen molar-refractivity contribution < 1.29 is 13.9 Å². The van der Waals surface area contributed by atoms with Crippen LogP contribution in [0.2, 0.25) is 0 Å². The van der Waals surface area contributed by atoms with Crippen molar-refractivity contribution in [3.05, 3.63) is 71.0 Å². The van der Waals surface area contributed by atoms with Crippen molar-refractivity contribution in [3.63, 3.8) is 0 Å². The van der Waals surface area contributed by atoms with Gasteiger partial charge in [0, 0.05) is 33.4 Å². The summed E-state index contributed by atoms with van der Waals surface area (Å²) in [6, 6.07) is 15.1. The van der Waals surface area contributed by atoms with Crippen LogP contribution >= 0.6 is 24.0 Å². The third-order valence-electron chi connectivity index (χ3n) is 4.96. The Bertz CT molecular complexity index is 780. The van der Waals surface area contributed by atoms with Crippen LogP contribution in [0.1, 0.15) is 29.5 Å². The van der Waals surface area contributed by atoms with E-state index in [2.05, 4.69) is 39.9 Å². The Labute approximate surface area is 195 Å². The fraction of sp³-hybridized carbons (Fsp3) is 0.435. The van der Waals surface area contributed by atoms with Gasteiger partial charge in [-0.15, -0.1) is 24.0 Å². The predicted molar refractivity (Wildman–Crippen MR) is 129 cm³/mol. The van der Waals surface area contributed by atoms with E-state index in [1.165, 1.54) is 17.2 Å². The second-order valence-corrected chi connectivity index (χ2v) is 7.17. The number of nitrogens with zero attached hydrogens (tertiary/aromatic N) is 1. The average molecular weight is 527 g/mol. The summed E-state index contributed by atoms with van der Waals surface area (Å²) in [5, 5.41) is 6.57. The molecule has 1 saturated heterocycles. The van der Waals surface area contributed by atoms with E-state index in [1.54, 1.807) is 19.2 Å². The number of hydrogen-bond donors (Lipinski definition) is 2. The van der Waals surface area contributed by atoms with Crippen molar-refractivity contribution >= 4 is 29.9 Å². The summed E-state index contributed by atoms with van der Waals surface area (Å²) in [5.74, 6) is 0.528. The molecule has 0 amide bonds. The van der Waals surface area contributed by atoms with E-state index in [4.69, 9.17) is 9.47 Å². The number of halogens is 2. The van der Waals surface area contributed by atoms with Crippen molar-refractivity contribution in [1.29, 1.82) is 0 Å². The average Bonchev–Trinajstić information content (AvgIpc) is 2.76. The fourth-order valence-electron chi connectivity index (χ4n) is 3.23. The molecule has 1 aliphatic heterocycles. The molecule has 1 aliphatic rings. The predicted octanol–water partition coefficient (Wildman–Crippen LogP) is 4.05. The molecule has 2 aromatic carbocycles. The van der Waals surface area contributed by atoms with Crippen LogP contribution in [0.4, 0.5) is 4.39 Å². The topological polar surface area (TPSA) is 54.9 Å². The first-order valence-electron chi connectivity index (χ1n) is 10.2. The molecular formula is C23H31FIN3O2. The van der Waals surface area contributed by atoms with E-state index in [0.29, 0.717) is 25.8 Å². The maximum Gasteiger partial charge on any atom is 0.191 e. The molecule has 0 radical (unpaired) electrons. The highest BCUT2D eigenvalue weighted by Gasteiger charge is 2.13. The Morgan fingerprint density at radius 2 is 1.80 bits per heavy atom. The van der Waals surface area contributed by atoms with E-state index in [0.717, 1.165) is 44.0 Å². The lowest BCUT2D eigenvalue weighted by molar-refractivity contribution is -0.0390. The Morgan fingerprint density at radius 1 is 1.07 bits per heavy atom. The van der Waals surface area contributed by atoms with E-state index in [1.807, 2.05) is 6.07 Å². The van der Waals surface area contributed by atoms with Crippen LogP contribution in [0, 0.1) is 5.82 Å². The van der Waals surface area contributed by atoms with E-state index in [-0.39, 0.29) is 29.8 Å². The Hall–Kier alpha value is -1.71. The van der Waals surface area contributed by atoms with E-state index >= 15 is 0 Å². The molecule has 30 heavy (non-hydrogen) atoms. The fourth-order valence-corrected chi connectivity index (χ4v) is 3.23. The number of nitrogens with one attached hydrogen (secondary N) is 2. The zero-order chi connectivity index (χ0) is 20.3. The second kappa shape index (κ2) is 13.6. The van der Waals surface area contributed by atoms with Gasteiger partial charge in [0.25, 0.3) is 0 Å². The third kappa shape index (κ3) is 8.57. The number of rotatable bonds is 8. The van der Waals surface area contributed by atoms with Crippen molar-refractivity contribution in [3.8, 4) is 0 Å². The van der Waals surface area contributed by atoms with Crippen LogP contribution in [0.15, 0.2) is 53.5 Å². The van der Waals surface area contributed by atoms with Gasteiger partial charge in [-0.3, -0.25) is 4.99 Å². The highest BCUT2D eigenvalue weighted by molar-refractivity contribution is 14.0. The molecule has 0 saturated carbocycles. The molecule has 1 fully saturated rings. The first kappa shape index (κ1) is 24.6. The van der Waals surface area contributed by atoms with Crippen molar-refractivity contribution in [2.45, 2.75) is 38.5 Å². The number of aliphatic imine (C=N–C) groups is 1. The zero-order valence-electron chi connectivity index (χ0n) is 17.4. The second-order valence-electron chi connectivity index (χ2n) is 7.17. The molecule has 0 aromatic heterocycles. The van der Waals surface area contributed by atoms with Crippen LogP contribution < -0.4 is 10.6 Å². The van der Waals surface area contributed by atoms with Gasteiger partial charge in [-0.05, 0) is 48.1 Å². The summed E-state index contributed by atoms with van der Waals surface area (Å²) in [6.07, 6.45) is 3.01. The lowest BCUT2D eigenvalue weighted by atomic mass is 10.1. The molecule has 0 atom stereocenters. The Balaban J connectivity index is 0.00000320. The number of benzene rings is 2. The van der Waals surface area contributed by atoms with Gasteiger partial charge < -0.3 is 20.1 Å². The minimum absolute atomic E-state index is 0. The van der Waals surface area contributed by atoms with Gasteiger partial charge in [0.05, 0.1) is 12.7 Å². The Morgan fingerprint density at radius 3 is 2.50 bits per heavy atom. The molecule has 3 rings (SSSR count). The van der Waals surface area contributed by atoms with E-state index in [9.17, 15) is 4.39 Å². The van der Waals surface area contributed by atoms with Crippen molar-refractivity contribution in [2.24, 2.45) is 4.99 Å². The maximum atomic E-state index is 13.2. The van der Waals surface area contributed by atoms with Crippen LogP contribution in [-0.2, 0) is 29.0 Å². The normalized spacial score (nSPS) is 14.8. The zero-order valence-corrected chi connectivity index (χ0v) is 19.7. The van der Waals surface area contributed by atoms with Crippen molar-refractivity contribution in [1.82, 2.24) is 10.6 Å². The van der Waals surface area contributed by atoms with Crippen LogP contribution in [-0.4, -0.2) is 38.9 Å². The number of ether oxygens (including phenoxy) is 2. The molecule has 0 aliphatic carbocycles. The van der Waals surface area contributed by atoms with Gasteiger partial charge in [-0.2, -0.15) is 0 Å². The summed E-state index contributed by atoms with van der Waals surface area (Å²) in [4.78, 5) is 4.24. The lowest BCUT2D eigenvalue weighted by Crippen LogP contribution is -2.37. The molecule has 0 unspecified atom stereocenters. The molecule has 164 valence electrons. The molecule has 2 N–H and O–H groups in total.